The average Bonchev–Trinajstić information content (AvgIpc) is 2.76. The van der Waals surface area contributed by atoms with E-state index in [9.17, 15) is 9.59 Å². The number of rotatable bonds is 0. The Labute approximate surface area is 125 Å². The second-order valence-electron chi connectivity index (χ2n) is 5.17. The van der Waals surface area contributed by atoms with Gasteiger partial charge in [0, 0.05) is 28.4 Å². The first kappa shape index (κ1) is 12.4. The van der Waals surface area contributed by atoms with Crippen molar-refractivity contribution >= 4 is 45.0 Å². The zero-order valence-electron chi connectivity index (χ0n) is 11.2. The first-order valence-corrected chi connectivity index (χ1v) is 6.93. The molecule has 102 valence electrons. The minimum absolute atomic E-state index is 0.130. The van der Waals surface area contributed by atoms with Crippen LogP contribution in [-0.2, 0) is 7.05 Å². The molecule has 0 unspecified atom stereocenters. The summed E-state index contributed by atoms with van der Waals surface area (Å²) < 4.78 is 1.93. The van der Waals surface area contributed by atoms with Crippen molar-refractivity contribution in [3.8, 4) is 0 Å². The van der Waals surface area contributed by atoms with E-state index in [4.69, 9.17) is 11.6 Å². The summed E-state index contributed by atoms with van der Waals surface area (Å²) in [6, 6.07) is 9.27. The molecule has 4 heteroatoms. The molecular formula is C17H10ClNO2. The Balaban J connectivity index is 2.26. The van der Waals surface area contributed by atoms with Gasteiger partial charge in [0.05, 0.1) is 16.6 Å². The zero-order valence-corrected chi connectivity index (χ0v) is 11.9. The molecule has 0 aliphatic heterocycles. The lowest BCUT2D eigenvalue weighted by molar-refractivity contribution is 0.0995. The van der Waals surface area contributed by atoms with Crippen LogP contribution in [0.5, 0.6) is 0 Å². The molecule has 0 radical (unpaired) electrons. The number of hydrogen-bond acceptors (Lipinski definition) is 2. The van der Waals surface area contributed by atoms with Crippen molar-refractivity contribution in [1.82, 2.24) is 4.57 Å². The third-order valence-corrected chi connectivity index (χ3v) is 4.26. The van der Waals surface area contributed by atoms with Crippen LogP contribution in [0.15, 0.2) is 42.5 Å². The summed E-state index contributed by atoms with van der Waals surface area (Å²) in [6.07, 6.45) is 2.67. The van der Waals surface area contributed by atoms with Gasteiger partial charge >= 0.3 is 0 Å². The summed E-state index contributed by atoms with van der Waals surface area (Å²) >= 11 is 6.07. The highest BCUT2D eigenvalue weighted by Gasteiger charge is 2.24. The fourth-order valence-electron chi connectivity index (χ4n) is 3.07. The summed E-state index contributed by atoms with van der Waals surface area (Å²) in [5.74, 6) is -0.262. The molecule has 1 aliphatic rings. The van der Waals surface area contributed by atoms with Gasteiger partial charge in [0.15, 0.2) is 11.6 Å². The van der Waals surface area contributed by atoms with E-state index >= 15 is 0 Å². The van der Waals surface area contributed by atoms with Gasteiger partial charge in [-0.05, 0) is 30.4 Å². The molecule has 0 spiro atoms. The zero-order chi connectivity index (χ0) is 14.7. The predicted molar refractivity (Wildman–Crippen MR) is 83.2 cm³/mol. The maximum atomic E-state index is 12.3. The van der Waals surface area contributed by atoms with Crippen LogP contribution in [0.1, 0.15) is 20.7 Å². The monoisotopic (exact) mass is 295 g/mol. The van der Waals surface area contributed by atoms with Crippen LogP contribution in [0.3, 0.4) is 0 Å². The normalized spacial score (nSPS) is 14.2. The van der Waals surface area contributed by atoms with Gasteiger partial charge in [0.1, 0.15) is 0 Å². The molecular weight excluding hydrogens is 286 g/mol. The molecule has 3 aromatic rings. The second kappa shape index (κ2) is 4.06. The first-order chi connectivity index (χ1) is 10.1. The maximum Gasteiger partial charge on any atom is 0.188 e. The van der Waals surface area contributed by atoms with Crippen LogP contribution < -0.4 is 0 Å². The second-order valence-corrected chi connectivity index (χ2v) is 5.60. The van der Waals surface area contributed by atoms with E-state index in [1.165, 1.54) is 12.2 Å². The molecule has 0 atom stereocenters. The van der Waals surface area contributed by atoms with Crippen LogP contribution in [0.2, 0.25) is 5.02 Å². The van der Waals surface area contributed by atoms with Crippen molar-refractivity contribution in [2.24, 2.45) is 7.05 Å². The van der Waals surface area contributed by atoms with Crippen LogP contribution in [-0.4, -0.2) is 16.1 Å². The number of carbonyl (C=O) groups is 2. The van der Waals surface area contributed by atoms with Crippen molar-refractivity contribution in [2.45, 2.75) is 0 Å². The fraction of sp³-hybridized carbons (Fsp3) is 0.0588. The summed E-state index contributed by atoms with van der Waals surface area (Å²) in [4.78, 5) is 24.2. The Bertz CT molecular complexity index is 995. The van der Waals surface area contributed by atoms with Crippen molar-refractivity contribution < 1.29 is 9.59 Å². The Kier molecular flexibility index (Phi) is 2.39. The summed E-state index contributed by atoms with van der Waals surface area (Å²) in [5, 5.41) is 2.62. The lowest BCUT2D eigenvalue weighted by Crippen LogP contribution is -2.13. The summed E-state index contributed by atoms with van der Waals surface area (Å²) in [6.45, 7) is 0. The number of hydrogen-bond donors (Lipinski definition) is 0. The number of carbonyl (C=O) groups excluding carboxylic acids is 2. The Hall–Kier alpha value is -2.39. The SMILES string of the molecule is Cn1c2cc(Cl)ccc2c2ccc3c(c21)C(=O)C=CC3=O. The molecule has 1 aliphatic carbocycles. The topological polar surface area (TPSA) is 39.1 Å². The van der Waals surface area contributed by atoms with Gasteiger partial charge in [-0.2, -0.15) is 0 Å². The number of halogens is 1. The molecule has 0 bridgehead atoms. The molecule has 21 heavy (non-hydrogen) atoms. The minimum Gasteiger partial charge on any atom is -0.343 e. The lowest BCUT2D eigenvalue weighted by atomic mass is 9.92. The maximum absolute atomic E-state index is 12.3. The van der Waals surface area contributed by atoms with Crippen LogP contribution in [0, 0.1) is 0 Å². The largest absolute Gasteiger partial charge is 0.343 e. The standard InChI is InChI=1S/C17H10ClNO2/c1-19-13-8-9(18)2-3-10(13)11-4-5-12-14(20)6-7-15(21)16(12)17(11)19/h2-8H,1H3. The van der Waals surface area contributed by atoms with E-state index < -0.39 is 0 Å². The van der Waals surface area contributed by atoms with Gasteiger partial charge in [-0.1, -0.05) is 23.7 Å². The van der Waals surface area contributed by atoms with Gasteiger partial charge < -0.3 is 4.57 Å². The van der Waals surface area contributed by atoms with Gasteiger partial charge in [-0.15, -0.1) is 0 Å². The molecule has 0 saturated carbocycles. The third kappa shape index (κ3) is 1.55. The molecule has 1 heterocycles. The minimum atomic E-state index is -0.132. The molecule has 0 amide bonds. The van der Waals surface area contributed by atoms with Crippen molar-refractivity contribution in [3.63, 3.8) is 0 Å². The third-order valence-electron chi connectivity index (χ3n) is 4.02. The number of aryl methyl sites for hydroxylation is 1. The number of benzene rings is 2. The molecule has 4 rings (SSSR count). The first-order valence-electron chi connectivity index (χ1n) is 6.55. The van der Waals surface area contributed by atoms with E-state index in [0.717, 1.165) is 21.8 Å². The predicted octanol–water partition coefficient (Wildman–Crippen LogP) is 3.92. The van der Waals surface area contributed by atoms with Gasteiger partial charge in [-0.25, -0.2) is 0 Å². The lowest BCUT2D eigenvalue weighted by Gasteiger charge is -2.11. The van der Waals surface area contributed by atoms with E-state index in [2.05, 4.69) is 0 Å². The van der Waals surface area contributed by atoms with E-state index in [0.29, 0.717) is 16.1 Å². The molecule has 0 N–H and O–H groups in total. The smallest absolute Gasteiger partial charge is 0.188 e. The number of nitrogens with zero attached hydrogens (tertiary/aromatic N) is 1. The molecule has 3 nitrogen and oxygen atoms in total. The Morgan fingerprint density at radius 2 is 1.67 bits per heavy atom. The quantitative estimate of drug-likeness (QED) is 0.630. The average molecular weight is 296 g/mol. The highest BCUT2D eigenvalue weighted by Crippen LogP contribution is 2.34. The van der Waals surface area contributed by atoms with Crippen molar-refractivity contribution in [2.75, 3.05) is 0 Å². The van der Waals surface area contributed by atoms with E-state index in [-0.39, 0.29) is 11.6 Å². The van der Waals surface area contributed by atoms with E-state index in [1.807, 2.05) is 35.9 Å². The van der Waals surface area contributed by atoms with Gasteiger partial charge in [0.25, 0.3) is 0 Å². The molecule has 2 aromatic carbocycles. The fourth-order valence-corrected chi connectivity index (χ4v) is 3.23. The molecule has 0 saturated heterocycles. The Morgan fingerprint density at radius 3 is 2.48 bits per heavy atom. The van der Waals surface area contributed by atoms with Crippen LogP contribution >= 0.6 is 11.6 Å². The summed E-state index contributed by atoms with van der Waals surface area (Å²) in [5.41, 5.74) is 2.68. The highest BCUT2D eigenvalue weighted by molar-refractivity contribution is 6.32. The van der Waals surface area contributed by atoms with Gasteiger partial charge in [0.2, 0.25) is 0 Å². The Morgan fingerprint density at radius 1 is 0.952 bits per heavy atom. The highest BCUT2D eigenvalue weighted by atomic mass is 35.5. The van der Waals surface area contributed by atoms with Crippen molar-refractivity contribution in [3.05, 3.63) is 58.6 Å². The van der Waals surface area contributed by atoms with Crippen LogP contribution in [0.4, 0.5) is 0 Å². The number of allylic oxidation sites excluding steroid dienone is 2. The molecule has 0 fully saturated rings. The number of ketones is 2. The van der Waals surface area contributed by atoms with E-state index in [1.54, 1.807) is 6.07 Å². The summed E-state index contributed by atoms with van der Waals surface area (Å²) in [7, 11) is 1.89. The van der Waals surface area contributed by atoms with Gasteiger partial charge in [-0.3, -0.25) is 9.59 Å². The number of fused-ring (bicyclic) bond motifs is 5. The molecule has 1 aromatic heterocycles. The van der Waals surface area contributed by atoms with Crippen LogP contribution in [0.25, 0.3) is 21.8 Å². The van der Waals surface area contributed by atoms with Crippen molar-refractivity contribution in [1.29, 1.82) is 0 Å². The number of aromatic nitrogens is 1.